The number of benzene rings is 1. The van der Waals surface area contributed by atoms with Gasteiger partial charge >= 0.3 is 5.97 Å². The SMILES string of the molecule is COC(=O)c1ncsc1S(=O)(=O)Nc1ccc(Br)cc1F. The summed E-state index contributed by atoms with van der Waals surface area (Å²) >= 11 is 3.80. The van der Waals surface area contributed by atoms with Gasteiger partial charge in [0.25, 0.3) is 10.0 Å². The van der Waals surface area contributed by atoms with Gasteiger partial charge in [0.15, 0.2) is 9.90 Å². The summed E-state index contributed by atoms with van der Waals surface area (Å²) < 4.78 is 44.8. The third-order valence-corrected chi connectivity index (χ3v) is 5.56. The number of aromatic nitrogens is 1. The molecule has 0 amide bonds. The van der Waals surface area contributed by atoms with Crippen LogP contribution in [-0.2, 0) is 14.8 Å². The van der Waals surface area contributed by atoms with Gasteiger partial charge in [0.2, 0.25) is 0 Å². The molecule has 0 bridgehead atoms. The van der Waals surface area contributed by atoms with E-state index in [0.717, 1.165) is 24.5 Å². The van der Waals surface area contributed by atoms with E-state index in [2.05, 4.69) is 30.4 Å². The first-order valence-electron chi connectivity index (χ1n) is 5.35. The van der Waals surface area contributed by atoms with Gasteiger partial charge in [0.1, 0.15) is 5.82 Å². The first-order chi connectivity index (χ1) is 9.85. The van der Waals surface area contributed by atoms with Crippen molar-refractivity contribution < 1.29 is 22.3 Å². The number of halogens is 2. The van der Waals surface area contributed by atoms with E-state index in [0.29, 0.717) is 4.47 Å². The predicted octanol–water partition coefficient (Wildman–Crippen LogP) is 2.63. The highest BCUT2D eigenvalue weighted by Crippen LogP contribution is 2.26. The summed E-state index contributed by atoms with van der Waals surface area (Å²) in [6, 6.07) is 3.86. The number of anilines is 1. The van der Waals surface area contributed by atoms with E-state index in [4.69, 9.17) is 0 Å². The quantitative estimate of drug-likeness (QED) is 0.805. The standard InChI is InChI=1S/C11H8BrFN2O4S2/c1-19-10(16)9-11(20-5-14-9)21(17,18)15-8-3-2-6(12)4-7(8)13/h2-5,15H,1H3. The van der Waals surface area contributed by atoms with Crippen molar-refractivity contribution in [2.75, 3.05) is 11.8 Å². The average molecular weight is 395 g/mol. The van der Waals surface area contributed by atoms with Crippen LogP contribution in [0.5, 0.6) is 0 Å². The molecule has 1 aromatic heterocycles. The molecule has 0 aliphatic rings. The summed E-state index contributed by atoms with van der Waals surface area (Å²) in [6.07, 6.45) is 0. The van der Waals surface area contributed by atoms with Crippen LogP contribution in [0.15, 0.2) is 32.4 Å². The van der Waals surface area contributed by atoms with Crippen LogP contribution in [-0.4, -0.2) is 26.5 Å². The molecular weight excluding hydrogens is 387 g/mol. The fraction of sp³-hybridized carbons (Fsp3) is 0.0909. The molecule has 0 fully saturated rings. The minimum atomic E-state index is -4.14. The molecule has 0 saturated heterocycles. The van der Waals surface area contributed by atoms with Gasteiger partial charge in [-0.05, 0) is 18.2 Å². The number of methoxy groups -OCH3 is 1. The van der Waals surface area contributed by atoms with Crippen molar-refractivity contribution >= 4 is 48.9 Å². The van der Waals surface area contributed by atoms with Gasteiger partial charge in [0, 0.05) is 4.47 Å². The smallest absolute Gasteiger partial charge is 0.358 e. The van der Waals surface area contributed by atoms with Crippen molar-refractivity contribution in [1.82, 2.24) is 4.98 Å². The minimum absolute atomic E-state index is 0.234. The Kier molecular flexibility index (Phi) is 4.59. The summed E-state index contributed by atoms with van der Waals surface area (Å²) in [4.78, 5) is 15.1. The van der Waals surface area contributed by atoms with Crippen molar-refractivity contribution in [3.8, 4) is 0 Å². The lowest BCUT2D eigenvalue weighted by molar-refractivity contribution is 0.0590. The molecule has 0 aliphatic heterocycles. The number of rotatable bonds is 4. The summed E-state index contributed by atoms with van der Waals surface area (Å²) in [6.45, 7) is 0. The zero-order chi connectivity index (χ0) is 15.6. The first-order valence-corrected chi connectivity index (χ1v) is 8.50. The van der Waals surface area contributed by atoms with Crippen LogP contribution in [0.25, 0.3) is 0 Å². The average Bonchev–Trinajstić information content (AvgIpc) is 2.91. The van der Waals surface area contributed by atoms with Gasteiger partial charge in [-0.1, -0.05) is 15.9 Å². The monoisotopic (exact) mass is 394 g/mol. The van der Waals surface area contributed by atoms with E-state index in [1.807, 2.05) is 0 Å². The highest BCUT2D eigenvalue weighted by atomic mass is 79.9. The second kappa shape index (κ2) is 6.08. The van der Waals surface area contributed by atoms with E-state index in [1.54, 1.807) is 0 Å². The Bertz CT molecular complexity index is 791. The number of hydrogen-bond donors (Lipinski definition) is 1. The lowest BCUT2D eigenvalue weighted by Gasteiger charge is -2.08. The third-order valence-electron chi connectivity index (χ3n) is 2.33. The minimum Gasteiger partial charge on any atom is -0.464 e. The molecule has 21 heavy (non-hydrogen) atoms. The molecule has 0 atom stereocenters. The molecule has 1 heterocycles. The molecule has 1 N–H and O–H groups in total. The van der Waals surface area contributed by atoms with E-state index < -0.39 is 21.8 Å². The molecule has 10 heteroatoms. The summed E-state index contributed by atoms with van der Waals surface area (Å²) in [5.74, 6) is -1.63. The van der Waals surface area contributed by atoms with Crippen LogP contribution in [0.3, 0.4) is 0 Å². The number of hydrogen-bond acceptors (Lipinski definition) is 6. The number of thiazole rings is 1. The van der Waals surface area contributed by atoms with Crippen LogP contribution in [0.1, 0.15) is 10.5 Å². The van der Waals surface area contributed by atoms with Crippen LogP contribution in [0.2, 0.25) is 0 Å². The summed E-state index contributed by atoms with van der Waals surface area (Å²) in [5, 5.41) is 0. The lowest BCUT2D eigenvalue weighted by atomic mass is 10.3. The third kappa shape index (κ3) is 3.39. The number of esters is 1. The zero-order valence-corrected chi connectivity index (χ0v) is 13.7. The van der Waals surface area contributed by atoms with E-state index in [-0.39, 0.29) is 15.6 Å². The molecule has 0 radical (unpaired) electrons. The topological polar surface area (TPSA) is 85.4 Å². The van der Waals surface area contributed by atoms with Crippen LogP contribution in [0.4, 0.5) is 10.1 Å². The summed E-state index contributed by atoms with van der Waals surface area (Å²) in [7, 11) is -3.03. The van der Waals surface area contributed by atoms with Gasteiger partial charge < -0.3 is 4.74 Å². The largest absolute Gasteiger partial charge is 0.464 e. The Balaban J connectivity index is 2.39. The van der Waals surface area contributed by atoms with E-state index in [1.165, 1.54) is 17.6 Å². The fourth-order valence-corrected chi connectivity index (χ4v) is 3.96. The molecule has 112 valence electrons. The first kappa shape index (κ1) is 15.9. The van der Waals surface area contributed by atoms with Crippen molar-refractivity contribution in [1.29, 1.82) is 0 Å². The molecule has 2 rings (SSSR count). The number of nitrogens with one attached hydrogen (secondary N) is 1. The molecule has 1 aromatic carbocycles. The van der Waals surface area contributed by atoms with Gasteiger partial charge in [-0.3, -0.25) is 4.72 Å². The normalized spacial score (nSPS) is 11.2. The highest BCUT2D eigenvalue weighted by molar-refractivity contribution is 9.10. The maximum Gasteiger partial charge on any atom is 0.358 e. The Morgan fingerprint density at radius 1 is 1.48 bits per heavy atom. The van der Waals surface area contributed by atoms with Crippen LogP contribution >= 0.6 is 27.3 Å². The molecule has 2 aromatic rings. The maximum absolute atomic E-state index is 13.7. The number of sulfonamides is 1. The fourth-order valence-electron chi connectivity index (χ4n) is 1.42. The summed E-state index contributed by atoms with van der Waals surface area (Å²) in [5.41, 5.74) is 0.619. The second-order valence-electron chi connectivity index (χ2n) is 3.71. The van der Waals surface area contributed by atoms with Crippen LogP contribution in [0, 0.1) is 5.82 Å². The van der Waals surface area contributed by atoms with E-state index >= 15 is 0 Å². The molecule has 0 spiro atoms. The predicted molar refractivity (Wildman–Crippen MR) is 78.4 cm³/mol. The molecule has 6 nitrogen and oxygen atoms in total. The number of carbonyl (C=O) groups excluding carboxylic acids is 1. The molecule has 0 aliphatic carbocycles. The Labute approximate surface area is 132 Å². The number of nitrogens with zero attached hydrogens (tertiary/aromatic N) is 1. The highest BCUT2D eigenvalue weighted by Gasteiger charge is 2.27. The van der Waals surface area contributed by atoms with E-state index in [9.17, 15) is 17.6 Å². The van der Waals surface area contributed by atoms with Crippen molar-refractivity contribution in [3.05, 3.63) is 39.7 Å². The van der Waals surface area contributed by atoms with Crippen molar-refractivity contribution in [2.45, 2.75) is 4.21 Å². The number of ether oxygens (including phenoxy) is 1. The molecule has 0 unspecified atom stereocenters. The molecule has 0 saturated carbocycles. The van der Waals surface area contributed by atoms with Crippen molar-refractivity contribution in [3.63, 3.8) is 0 Å². The number of carbonyl (C=O) groups is 1. The zero-order valence-electron chi connectivity index (χ0n) is 10.5. The Hall–Kier alpha value is -1.52. The van der Waals surface area contributed by atoms with Crippen molar-refractivity contribution in [2.24, 2.45) is 0 Å². The van der Waals surface area contributed by atoms with Gasteiger partial charge in [-0.25, -0.2) is 22.6 Å². The maximum atomic E-state index is 13.7. The molecular formula is C11H8BrFN2O4S2. The Morgan fingerprint density at radius 2 is 2.19 bits per heavy atom. The van der Waals surface area contributed by atoms with Crippen LogP contribution < -0.4 is 4.72 Å². The van der Waals surface area contributed by atoms with Gasteiger partial charge in [-0.15, -0.1) is 11.3 Å². The second-order valence-corrected chi connectivity index (χ2v) is 7.36. The van der Waals surface area contributed by atoms with Gasteiger partial charge in [-0.2, -0.15) is 0 Å². The Morgan fingerprint density at radius 3 is 2.81 bits per heavy atom. The lowest BCUT2D eigenvalue weighted by Crippen LogP contribution is -2.16. The van der Waals surface area contributed by atoms with Gasteiger partial charge in [0.05, 0.1) is 18.3 Å².